The molecule has 168 valence electrons. The van der Waals surface area contributed by atoms with Crippen LogP contribution in [0.4, 0.5) is 0 Å². The Kier molecular flexibility index (Phi) is 11.2. The van der Waals surface area contributed by atoms with Gasteiger partial charge in [-0.25, -0.2) is 4.98 Å². The number of aromatic nitrogens is 1. The second-order valence-corrected chi connectivity index (χ2v) is 6.93. The number of ether oxygens (including phenoxy) is 1. The van der Waals surface area contributed by atoms with E-state index >= 15 is 0 Å². The number of furan rings is 1. The number of benzene rings is 1. The normalized spacial score (nSPS) is 11.2. The van der Waals surface area contributed by atoms with Crippen LogP contribution in [0.5, 0.6) is 0 Å². The van der Waals surface area contributed by atoms with Gasteiger partial charge in [-0.05, 0) is 44.5 Å². The van der Waals surface area contributed by atoms with Gasteiger partial charge in [-0.1, -0.05) is 17.7 Å². The highest BCUT2D eigenvalue weighted by molar-refractivity contribution is 14.0. The Morgan fingerprint density at radius 3 is 2.71 bits per heavy atom. The SMILES string of the molecule is CCNC(=NCCCOCc1ccco1)NCCc1coc(-c2ccc(C)cc2)n1.I. The minimum atomic E-state index is 0. The Morgan fingerprint density at radius 2 is 1.97 bits per heavy atom. The summed E-state index contributed by atoms with van der Waals surface area (Å²) in [6.07, 6.45) is 4.98. The molecule has 0 amide bonds. The molecule has 7 nitrogen and oxygen atoms in total. The van der Waals surface area contributed by atoms with E-state index in [2.05, 4.69) is 46.6 Å². The summed E-state index contributed by atoms with van der Waals surface area (Å²) in [6, 6.07) is 11.9. The van der Waals surface area contributed by atoms with Crippen molar-refractivity contribution in [1.29, 1.82) is 0 Å². The Hall–Kier alpha value is -2.33. The number of rotatable bonds is 11. The van der Waals surface area contributed by atoms with E-state index < -0.39 is 0 Å². The molecule has 8 heteroatoms. The standard InChI is InChI=1S/C23H30N4O3.HI/c1-3-24-23(25-12-5-14-28-17-21-6-4-15-29-21)26-13-11-20-16-30-22(27-20)19-9-7-18(2)8-10-19;/h4,6-10,15-16H,3,5,11-14,17H2,1-2H3,(H2,24,25,26);1H. The fourth-order valence-corrected chi connectivity index (χ4v) is 2.83. The molecule has 2 heterocycles. The van der Waals surface area contributed by atoms with Crippen LogP contribution in [0.3, 0.4) is 0 Å². The first-order chi connectivity index (χ1) is 14.7. The van der Waals surface area contributed by atoms with Gasteiger partial charge in [0, 0.05) is 38.2 Å². The van der Waals surface area contributed by atoms with Crippen LogP contribution in [-0.2, 0) is 17.8 Å². The maximum Gasteiger partial charge on any atom is 0.226 e. The third-order valence-corrected chi connectivity index (χ3v) is 4.41. The smallest absolute Gasteiger partial charge is 0.226 e. The predicted molar refractivity (Wildman–Crippen MR) is 133 cm³/mol. The van der Waals surface area contributed by atoms with Crippen molar-refractivity contribution in [3.05, 3.63) is 65.9 Å². The summed E-state index contributed by atoms with van der Waals surface area (Å²) < 4.78 is 16.4. The van der Waals surface area contributed by atoms with Crippen molar-refractivity contribution in [3.63, 3.8) is 0 Å². The molecule has 1 aromatic carbocycles. The number of halogens is 1. The summed E-state index contributed by atoms with van der Waals surface area (Å²) >= 11 is 0. The molecule has 0 aliphatic rings. The molecule has 0 aliphatic carbocycles. The number of aryl methyl sites for hydroxylation is 1. The van der Waals surface area contributed by atoms with Crippen LogP contribution in [0.1, 0.15) is 30.4 Å². The van der Waals surface area contributed by atoms with Crippen LogP contribution in [0.15, 0.2) is 62.8 Å². The molecule has 2 aromatic heterocycles. The van der Waals surface area contributed by atoms with E-state index in [0.29, 0.717) is 25.6 Å². The van der Waals surface area contributed by atoms with Gasteiger partial charge in [0.05, 0.1) is 12.0 Å². The summed E-state index contributed by atoms with van der Waals surface area (Å²) in [6.45, 7) is 7.47. The molecule has 0 atom stereocenters. The molecule has 0 saturated heterocycles. The second-order valence-electron chi connectivity index (χ2n) is 6.93. The molecule has 0 radical (unpaired) electrons. The molecular weight excluding hydrogens is 507 g/mol. The zero-order chi connectivity index (χ0) is 21.0. The maximum atomic E-state index is 5.62. The number of hydrogen-bond acceptors (Lipinski definition) is 5. The Morgan fingerprint density at radius 1 is 1.13 bits per heavy atom. The van der Waals surface area contributed by atoms with Gasteiger partial charge in [-0.2, -0.15) is 0 Å². The van der Waals surface area contributed by atoms with E-state index in [-0.39, 0.29) is 24.0 Å². The lowest BCUT2D eigenvalue weighted by atomic mass is 10.1. The molecule has 0 aliphatic heterocycles. The second kappa shape index (κ2) is 13.9. The average Bonchev–Trinajstić information content (AvgIpc) is 3.43. The van der Waals surface area contributed by atoms with E-state index in [9.17, 15) is 0 Å². The highest BCUT2D eigenvalue weighted by Crippen LogP contribution is 2.19. The van der Waals surface area contributed by atoms with E-state index in [1.807, 2.05) is 24.3 Å². The van der Waals surface area contributed by atoms with Crippen molar-refractivity contribution in [2.75, 3.05) is 26.2 Å². The fraction of sp³-hybridized carbons (Fsp3) is 0.391. The van der Waals surface area contributed by atoms with Crippen LogP contribution in [0.25, 0.3) is 11.5 Å². The van der Waals surface area contributed by atoms with E-state index in [4.69, 9.17) is 13.6 Å². The summed E-state index contributed by atoms with van der Waals surface area (Å²) in [5.41, 5.74) is 3.12. The summed E-state index contributed by atoms with van der Waals surface area (Å²) in [5, 5.41) is 6.60. The summed E-state index contributed by atoms with van der Waals surface area (Å²) in [5.74, 6) is 2.29. The minimum Gasteiger partial charge on any atom is -0.467 e. The molecular formula is C23H31IN4O3. The summed E-state index contributed by atoms with van der Waals surface area (Å²) in [7, 11) is 0. The molecule has 0 bridgehead atoms. The van der Waals surface area contributed by atoms with Crippen LogP contribution >= 0.6 is 24.0 Å². The lowest BCUT2D eigenvalue weighted by Gasteiger charge is -2.10. The van der Waals surface area contributed by atoms with Crippen LogP contribution in [-0.4, -0.2) is 37.2 Å². The lowest BCUT2D eigenvalue weighted by molar-refractivity contribution is 0.105. The molecule has 0 fully saturated rings. The third-order valence-electron chi connectivity index (χ3n) is 4.41. The average molecular weight is 538 g/mol. The first-order valence-electron chi connectivity index (χ1n) is 10.4. The van der Waals surface area contributed by atoms with Gasteiger partial charge in [-0.3, -0.25) is 4.99 Å². The van der Waals surface area contributed by atoms with E-state index in [1.54, 1.807) is 12.5 Å². The van der Waals surface area contributed by atoms with Crippen molar-refractivity contribution >= 4 is 29.9 Å². The highest BCUT2D eigenvalue weighted by atomic mass is 127. The predicted octanol–water partition coefficient (Wildman–Crippen LogP) is 4.57. The maximum absolute atomic E-state index is 5.62. The molecule has 0 saturated carbocycles. The number of nitrogens with zero attached hydrogens (tertiary/aromatic N) is 2. The van der Waals surface area contributed by atoms with Gasteiger partial charge >= 0.3 is 0 Å². The molecule has 3 rings (SSSR count). The molecule has 2 N–H and O–H groups in total. The fourth-order valence-electron chi connectivity index (χ4n) is 2.83. The minimum absolute atomic E-state index is 0. The van der Waals surface area contributed by atoms with Gasteiger partial charge in [0.15, 0.2) is 5.96 Å². The zero-order valence-corrected chi connectivity index (χ0v) is 20.4. The van der Waals surface area contributed by atoms with Crippen molar-refractivity contribution in [2.24, 2.45) is 4.99 Å². The van der Waals surface area contributed by atoms with Crippen molar-refractivity contribution < 1.29 is 13.6 Å². The Labute approximate surface area is 200 Å². The summed E-state index contributed by atoms with van der Waals surface area (Å²) in [4.78, 5) is 9.17. The Bertz CT molecular complexity index is 892. The lowest BCUT2D eigenvalue weighted by Crippen LogP contribution is -2.38. The highest BCUT2D eigenvalue weighted by Gasteiger charge is 2.07. The number of nitrogens with one attached hydrogen (secondary N) is 2. The number of hydrogen-bond donors (Lipinski definition) is 2. The van der Waals surface area contributed by atoms with E-state index in [1.165, 1.54) is 5.56 Å². The van der Waals surface area contributed by atoms with Crippen LogP contribution < -0.4 is 10.6 Å². The Balaban J connectivity index is 0.00000341. The number of aliphatic imine (C=N–C) groups is 1. The zero-order valence-electron chi connectivity index (χ0n) is 18.1. The third kappa shape index (κ3) is 8.74. The molecule has 3 aromatic rings. The molecule has 0 unspecified atom stereocenters. The van der Waals surface area contributed by atoms with Crippen LogP contribution in [0.2, 0.25) is 0 Å². The quantitative estimate of drug-likeness (QED) is 0.161. The molecule has 31 heavy (non-hydrogen) atoms. The molecule has 0 spiro atoms. The van der Waals surface area contributed by atoms with Gasteiger partial charge < -0.3 is 24.2 Å². The van der Waals surface area contributed by atoms with Gasteiger partial charge in [0.1, 0.15) is 18.6 Å². The largest absolute Gasteiger partial charge is 0.467 e. The topological polar surface area (TPSA) is 84.8 Å². The van der Waals surface area contributed by atoms with Gasteiger partial charge in [0.25, 0.3) is 0 Å². The van der Waals surface area contributed by atoms with Crippen molar-refractivity contribution in [1.82, 2.24) is 15.6 Å². The van der Waals surface area contributed by atoms with E-state index in [0.717, 1.165) is 48.9 Å². The van der Waals surface area contributed by atoms with Crippen molar-refractivity contribution in [2.45, 2.75) is 33.3 Å². The van der Waals surface area contributed by atoms with Gasteiger partial charge in [-0.15, -0.1) is 24.0 Å². The first-order valence-corrected chi connectivity index (χ1v) is 10.4. The van der Waals surface area contributed by atoms with Crippen molar-refractivity contribution in [3.8, 4) is 11.5 Å². The number of oxazole rings is 1. The van der Waals surface area contributed by atoms with Gasteiger partial charge in [0.2, 0.25) is 5.89 Å². The van der Waals surface area contributed by atoms with Crippen LogP contribution in [0, 0.1) is 6.92 Å². The monoisotopic (exact) mass is 538 g/mol. The number of guanidine groups is 1. The first kappa shape index (κ1) is 24.9.